The van der Waals surface area contributed by atoms with Crippen molar-refractivity contribution in [1.29, 1.82) is 0 Å². The van der Waals surface area contributed by atoms with Crippen LogP contribution in [-0.2, 0) is 0 Å². The fourth-order valence-corrected chi connectivity index (χ4v) is 1.83. The number of nitro groups is 1. The quantitative estimate of drug-likeness (QED) is 0.275. The predicted molar refractivity (Wildman–Crippen MR) is 57.3 cm³/mol. The summed E-state index contributed by atoms with van der Waals surface area (Å²) in [6, 6.07) is 0. The molecule has 9 heteroatoms. The lowest BCUT2D eigenvalue weighted by Crippen LogP contribution is -2.28. The van der Waals surface area contributed by atoms with Crippen molar-refractivity contribution >= 4 is 15.9 Å². The van der Waals surface area contributed by atoms with Crippen LogP contribution in [0.25, 0.3) is 0 Å². The second-order valence-corrected chi connectivity index (χ2v) is 4.35. The van der Waals surface area contributed by atoms with Crippen LogP contribution in [0.3, 0.4) is 0 Å². The molecule has 1 rings (SSSR count). The van der Waals surface area contributed by atoms with Crippen molar-refractivity contribution in [1.82, 2.24) is 5.32 Å². The maximum Gasteiger partial charge on any atom is 0.329 e. The monoisotopic (exact) mass is 294 g/mol. The van der Waals surface area contributed by atoms with Crippen LogP contribution in [0.1, 0.15) is 6.42 Å². The first kappa shape index (κ1) is 13.0. The summed E-state index contributed by atoms with van der Waals surface area (Å²) in [5.74, 6) is 0.00405. The third kappa shape index (κ3) is 2.54. The van der Waals surface area contributed by atoms with E-state index in [1.165, 1.54) is 0 Å². The molecule has 0 saturated carbocycles. The highest BCUT2D eigenvalue weighted by Crippen LogP contribution is 2.39. The number of alkyl halides is 1. The number of nitrogens with zero attached hydrogens (tertiary/aromatic N) is 3. The number of aliphatic hydroxyl groups excluding tert-OH is 2. The van der Waals surface area contributed by atoms with Gasteiger partial charge in [-0.05, 0) is 15.9 Å². The molecule has 0 radical (unpaired) electrons. The normalized spacial score (nSPS) is 23.9. The van der Waals surface area contributed by atoms with Gasteiger partial charge in [0.2, 0.25) is 10.3 Å². The first-order valence-electron chi connectivity index (χ1n) is 4.51. The van der Waals surface area contributed by atoms with E-state index in [2.05, 4.69) is 31.5 Å². The summed E-state index contributed by atoms with van der Waals surface area (Å²) in [5.41, 5.74) is -0.255. The van der Waals surface area contributed by atoms with Gasteiger partial charge in [0.05, 0.1) is 11.5 Å². The largest absolute Gasteiger partial charge is 0.396 e. The molecule has 0 fully saturated rings. The number of azo groups is 1. The van der Waals surface area contributed by atoms with Gasteiger partial charge in [0.25, 0.3) is 0 Å². The van der Waals surface area contributed by atoms with Crippen LogP contribution in [0.5, 0.6) is 0 Å². The average molecular weight is 295 g/mol. The molecule has 0 aromatic carbocycles. The fraction of sp³-hybridized carbons (Fsp3) is 0.714. The zero-order valence-corrected chi connectivity index (χ0v) is 9.84. The van der Waals surface area contributed by atoms with Crippen LogP contribution >= 0.6 is 15.9 Å². The molecule has 8 nitrogen and oxygen atoms in total. The molecule has 16 heavy (non-hydrogen) atoms. The van der Waals surface area contributed by atoms with Crippen LogP contribution in [0.4, 0.5) is 0 Å². The fourth-order valence-electron chi connectivity index (χ4n) is 1.24. The molecule has 0 amide bonds. The van der Waals surface area contributed by atoms with Gasteiger partial charge in [0, 0.05) is 19.6 Å². The number of hydrogen-bond acceptors (Lipinski definition) is 7. The summed E-state index contributed by atoms with van der Waals surface area (Å²) in [5, 5.41) is 38.2. The predicted octanol–water partition coefficient (Wildman–Crippen LogP) is -0.0465. The van der Waals surface area contributed by atoms with Gasteiger partial charge in [0.1, 0.15) is 0 Å². The summed E-state index contributed by atoms with van der Waals surface area (Å²) in [7, 11) is 0. The van der Waals surface area contributed by atoms with Gasteiger partial charge in [-0.2, -0.15) is 5.11 Å². The van der Waals surface area contributed by atoms with E-state index in [0.717, 1.165) is 0 Å². The second-order valence-electron chi connectivity index (χ2n) is 3.04. The summed E-state index contributed by atoms with van der Waals surface area (Å²) in [4.78, 5) is 10.3. The minimum absolute atomic E-state index is 0.00405. The van der Waals surface area contributed by atoms with E-state index >= 15 is 0 Å². The highest BCUT2D eigenvalue weighted by molar-refractivity contribution is 9.10. The third-order valence-corrected chi connectivity index (χ3v) is 2.86. The first-order chi connectivity index (χ1) is 7.55. The SMILES string of the molecule is O=[N+]([O-])C1=C(NCCO)N=NC1(Br)CCO. The van der Waals surface area contributed by atoms with Crippen molar-refractivity contribution in [2.45, 2.75) is 10.9 Å². The van der Waals surface area contributed by atoms with Crippen LogP contribution in [0.2, 0.25) is 0 Å². The molecular weight excluding hydrogens is 284 g/mol. The summed E-state index contributed by atoms with van der Waals surface area (Å²) < 4.78 is -1.29. The Morgan fingerprint density at radius 1 is 1.50 bits per heavy atom. The number of hydrogen-bond donors (Lipinski definition) is 3. The second kappa shape index (κ2) is 5.32. The lowest BCUT2D eigenvalue weighted by Gasteiger charge is -2.13. The van der Waals surface area contributed by atoms with Gasteiger partial charge in [-0.3, -0.25) is 10.1 Å². The van der Waals surface area contributed by atoms with E-state index in [-0.39, 0.29) is 37.7 Å². The molecule has 1 heterocycles. The zero-order chi connectivity index (χ0) is 12.2. The van der Waals surface area contributed by atoms with E-state index in [0.29, 0.717) is 0 Å². The van der Waals surface area contributed by atoms with Gasteiger partial charge in [-0.1, -0.05) is 0 Å². The van der Waals surface area contributed by atoms with E-state index < -0.39 is 9.37 Å². The van der Waals surface area contributed by atoms with Gasteiger partial charge >= 0.3 is 5.70 Å². The van der Waals surface area contributed by atoms with Crippen molar-refractivity contribution in [3.63, 3.8) is 0 Å². The average Bonchev–Trinajstić information content (AvgIpc) is 2.53. The highest BCUT2D eigenvalue weighted by Gasteiger charge is 2.47. The Labute approximate surface area is 99.3 Å². The Morgan fingerprint density at radius 2 is 2.19 bits per heavy atom. The Hall–Kier alpha value is -1.06. The van der Waals surface area contributed by atoms with Gasteiger partial charge in [-0.15, -0.1) is 5.11 Å². The maximum atomic E-state index is 10.9. The molecule has 90 valence electrons. The summed E-state index contributed by atoms with van der Waals surface area (Å²) >= 11 is 3.08. The Kier molecular flexibility index (Phi) is 4.33. The van der Waals surface area contributed by atoms with Crippen molar-refractivity contribution < 1.29 is 15.1 Å². The van der Waals surface area contributed by atoms with E-state index in [1.54, 1.807) is 0 Å². The number of halogens is 1. The molecule has 0 aliphatic carbocycles. The topological polar surface area (TPSA) is 120 Å². The lowest BCUT2D eigenvalue weighted by atomic mass is 10.1. The van der Waals surface area contributed by atoms with Gasteiger partial charge in [-0.25, -0.2) is 0 Å². The van der Waals surface area contributed by atoms with Gasteiger partial charge in [0.15, 0.2) is 0 Å². The third-order valence-electron chi connectivity index (χ3n) is 1.93. The first-order valence-corrected chi connectivity index (χ1v) is 5.31. The summed E-state index contributed by atoms with van der Waals surface area (Å²) in [6.45, 7) is -0.276. The molecule has 1 aliphatic rings. The zero-order valence-electron chi connectivity index (χ0n) is 8.26. The van der Waals surface area contributed by atoms with E-state index in [4.69, 9.17) is 10.2 Å². The molecule has 1 atom stereocenters. The molecule has 3 N–H and O–H groups in total. The lowest BCUT2D eigenvalue weighted by molar-refractivity contribution is -0.431. The van der Waals surface area contributed by atoms with Crippen LogP contribution in [0, 0.1) is 10.1 Å². The van der Waals surface area contributed by atoms with E-state index in [9.17, 15) is 10.1 Å². The van der Waals surface area contributed by atoms with Crippen LogP contribution in [-0.4, -0.2) is 39.3 Å². The summed E-state index contributed by atoms with van der Waals surface area (Å²) in [6.07, 6.45) is 0.0527. The maximum absolute atomic E-state index is 10.9. The van der Waals surface area contributed by atoms with Crippen molar-refractivity contribution in [2.75, 3.05) is 19.8 Å². The Balaban J connectivity index is 2.96. The molecule has 0 aromatic rings. The Bertz CT molecular complexity index is 345. The Morgan fingerprint density at radius 3 is 2.69 bits per heavy atom. The van der Waals surface area contributed by atoms with Crippen molar-refractivity contribution in [3.8, 4) is 0 Å². The highest BCUT2D eigenvalue weighted by atomic mass is 79.9. The van der Waals surface area contributed by atoms with Crippen LogP contribution in [0.15, 0.2) is 21.7 Å². The molecule has 0 saturated heterocycles. The molecule has 0 spiro atoms. The molecule has 1 aliphatic heterocycles. The minimum atomic E-state index is -1.29. The molecule has 0 bridgehead atoms. The molecular formula is C7H11BrN4O4. The van der Waals surface area contributed by atoms with Crippen molar-refractivity contribution in [2.24, 2.45) is 10.2 Å². The minimum Gasteiger partial charge on any atom is -0.396 e. The smallest absolute Gasteiger partial charge is 0.329 e. The van der Waals surface area contributed by atoms with Crippen molar-refractivity contribution in [3.05, 3.63) is 21.6 Å². The number of rotatable bonds is 6. The number of aliphatic hydroxyl groups is 2. The van der Waals surface area contributed by atoms with E-state index in [1.807, 2.05) is 0 Å². The molecule has 1 unspecified atom stereocenters. The number of nitrogens with one attached hydrogen (secondary N) is 1. The standard InChI is InChI=1S/C7H11BrN4O4/c8-7(1-3-13)5(12(15)16)6(10-11-7)9-2-4-14/h9,13-14H,1-4H2. The molecule has 0 aromatic heterocycles. The van der Waals surface area contributed by atoms with Crippen LogP contribution < -0.4 is 5.32 Å². The van der Waals surface area contributed by atoms with Gasteiger partial charge < -0.3 is 15.5 Å².